The minimum atomic E-state index is -3.56. The van der Waals surface area contributed by atoms with Gasteiger partial charge in [0.15, 0.2) is 0 Å². The second-order valence-corrected chi connectivity index (χ2v) is 7.89. The van der Waals surface area contributed by atoms with E-state index < -0.39 is 10.0 Å². The molecule has 2 N–H and O–H groups in total. The minimum absolute atomic E-state index is 0.0561. The second-order valence-electron chi connectivity index (χ2n) is 6.23. The van der Waals surface area contributed by atoms with Gasteiger partial charge in [-0.3, -0.25) is 4.79 Å². The maximum absolute atomic E-state index is 12.1. The van der Waals surface area contributed by atoms with E-state index in [1.807, 2.05) is 42.5 Å². The average Bonchev–Trinajstić information content (AvgIpc) is 2.87. The van der Waals surface area contributed by atoms with Gasteiger partial charge in [-0.2, -0.15) is 0 Å². The highest BCUT2D eigenvalue weighted by Crippen LogP contribution is 2.26. The first-order chi connectivity index (χ1) is 11.4. The van der Waals surface area contributed by atoms with Crippen molar-refractivity contribution < 1.29 is 13.2 Å². The largest absolute Gasteiger partial charge is 0.312 e. The third kappa shape index (κ3) is 4.21. The quantitative estimate of drug-likeness (QED) is 0.900. The van der Waals surface area contributed by atoms with Gasteiger partial charge < -0.3 is 4.90 Å². The summed E-state index contributed by atoms with van der Waals surface area (Å²) in [6, 6.07) is 18.0. The first-order valence-electron chi connectivity index (χ1n) is 7.84. The standard InChI is InChI=1S/C18H20N2O3S/c19-24(22,23)13-16-11-18(21)20(12-16)17-8-6-15(7-9-17)10-14-4-2-1-3-5-14/h1-9,16H,10-13H2,(H2,19,22,23). The van der Waals surface area contributed by atoms with Crippen molar-refractivity contribution in [2.24, 2.45) is 11.1 Å². The van der Waals surface area contributed by atoms with Crippen LogP contribution in [0.2, 0.25) is 0 Å². The third-order valence-electron chi connectivity index (χ3n) is 4.17. The topological polar surface area (TPSA) is 80.5 Å². The Morgan fingerprint density at radius 2 is 1.62 bits per heavy atom. The number of hydrogen-bond acceptors (Lipinski definition) is 3. The molecule has 1 heterocycles. The van der Waals surface area contributed by atoms with Crippen molar-refractivity contribution in [1.29, 1.82) is 0 Å². The number of sulfonamides is 1. The molecule has 0 spiro atoms. The van der Waals surface area contributed by atoms with Crippen LogP contribution in [0, 0.1) is 5.92 Å². The van der Waals surface area contributed by atoms with Crippen molar-refractivity contribution in [3.8, 4) is 0 Å². The summed E-state index contributed by atoms with van der Waals surface area (Å²) in [5.74, 6) is -0.447. The lowest BCUT2D eigenvalue weighted by Gasteiger charge is -2.17. The molecule has 24 heavy (non-hydrogen) atoms. The highest BCUT2D eigenvalue weighted by molar-refractivity contribution is 7.89. The molecule has 1 atom stereocenters. The second kappa shape index (κ2) is 6.75. The molecule has 6 heteroatoms. The van der Waals surface area contributed by atoms with Gasteiger partial charge in [0.25, 0.3) is 0 Å². The molecule has 0 aliphatic carbocycles. The summed E-state index contributed by atoms with van der Waals surface area (Å²) in [5.41, 5.74) is 3.20. The van der Waals surface area contributed by atoms with E-state index in [0.29, 0.717) is 6.54 Å². The summed E-state index contributed by atoms with van der Waals surface area (Å²) >= 11 is 0. The monoisotopic (exact) mass is 344 g/mol. The lowest BCUT2D eigenvalue weighted by atomic mass is 10.0. The number of nitrogens with two attached hydrogens (primary N) is 1. The first kappa shape index (κ1) is 16.7. The van der Waals surface area contributed by atoms with Crippen LogP contribution in [-0.2, 0) is 21.2 Å². The molecule has 1 fully saturated rings. The number of benzene rings is 2. The van der Waals surface area contributed by atoms with Gasteiger partial charge in [0.2, 0.25) is 15.9 Å². The van der Waals surface area contributed by atoms with Crippen molar-refractivity contribution in [3.63, 3.8) is 0 Å². The van der Waals surface area contributed by atoms with Gasteiger partial charge in [0, 0.05) is 24.6 Å². The zero-order valence-corrected chi connectivity index (χ0v) is 14.1. The van der Waals surface area contributed by atoms with Crippen LogP contribution in [0.15, 0.2) is 54.6 Å². The van der Waals surface area contributed by atoms with E-state index in [1.54, 1.807) is 4.90 Å². The predicted octanol–water partition coefficient (Wildman–Crippen LogP) is 1.92. The van der Waals surface area contributed by atoms with Gasteiger partial charge >= 0.3 is 0 Å². The average molecular weight is 344 g/mol. The predicted molar refractivity (Wildman–Crippen MR) is 94.1 cm³/mol. The molecule has 3 rings (SSSR count). The van der Waals surface area contributed by atoms with E-state index in [2.05, 4.69) is 12.1 Å². The van der Waals surface area contributed by atoms with Gasteiger partial charge in [-0.05, 0) is 29.7 Å². The van der Waals surface area contributed by atoms with Crippen molar-refractivity contribution >= 4 is 21.6 Å². The molecule has 0 saturated carbocycles. The normalized spacial score (nSPS) is 18.1. The van der Waals surface area contributed by atoms with Crippen molar-refractivity contribution in [3.05, 3.63) is 65.7 Å². The van der Waals surface area contributed by atoms with E-state index >= 15 is 0 Å². The minimum Gasteiger partial charge on any atom is -0.312 e. The van der Waals surface area contributed by atoms with Gasteiger partial charge in [0.1, 0.15) is 0 Å². The van der Waals surface area contributed by atoms with E-state index in [9.17, 15) is 13.2 Å². The Morgan fingerprint density at radius 3 is 2.25 bits per heavy atom. The molecule has 0 radical (unpaired) electrons. The SMILES string of the molecule is NS(=O)(=O)CC1CC(=O)N(c2ccc(Cc3ccccc3)cc2)C1. The summed E-state index contributed by atoms with van der Waals surface area (Å²) in [5, 5.41) is 5.08. The number of hydrogen-bond donors (Lipinski definition) is 1. The number of primary sulfonamides is 1. The lowest BCUT2D eigenvalue weighted by Crippen LogP contribution is -2.27. The van der Waals surface area contributed by atoms with Crippen molar-refractivity contribution in [2.45, 2.75) is 12.8 Å². The van der Waals surface area contributed by atoms with Gasteiger partial charge in [-0.15, -0.1) is 0 Å². The highest BCUT2D eigenvalue weighted by atomic mass is 32.2. The van der Waals surface area contributed by atoms with E-state index in [0.717, 1.165) is 17.7 Å². The van der Waals surface area contributed by atoms with Crippen LogP contribution in [-0.4, -0.2) is 26.6 Å². The molecule has 0 bridgehead atoms. The van der Waals surface area contributed by atoms with Crippen LogP contribution in [0.5, 0.6) is 0 Å². The lowest BCUT2D eigenvalue weighted by molar-refractivity contribution is -0.117. The zero-order valence-electron chi connectivity index (χ0n) is 13.3. The van der Waals surface area contributed by atoms with Crippen LogP contribution < -0.4 is 10.0 Å². The van der Waals surface area contributed by atoms with Crippen LogP contribution in [0.25, 0.3) is 0 Å². The maximum Gasteiger partial charge on any atom is 0.227 e. The van der Waals surface area contributed by atoms with Crippen LogP contribution in [0.3, 0.4) is 0 Å². The third-order valence-corrected chi connectivity index (χ3v) is 5.11. The Kier molecular flexibility index (Phi) is 4.69. The Morgan fingerprint density at radius 1 is 1.00 bits per heavy atom. The van der Waals surface area contributed by atoms with Crippen LogP contribution in [0.1, 0.15) is 17.5 Å². The molecule has 1 aliphatic heterocycles. The van der Waals surface area contributed by atoms with E-state index in [4.69, 9.17) is 5.14 Å². The number of amides is 1. The number of nitrogens with zero attached hydrogens (tertiary/aromatic N) is 1. The first-order valence-corrected chi connectivity index (χ1v) is 9.56. The summed E-state index contributed by atoms with van der Waals surface area (Å²) < 4.78 is 22.4. The van der Waals surface area contributed by atoms with E-state index in [-0.39, 0.29) is 24.0 Å². The molecule has 1 saturated heterocycles. The summed E-state index contributed by atoms with van der Waals surface area (Å²) in [7, 11) is -3.56. The van der Waals surface area contributed by atoms with Crippen molar-refractivity contribution in [2.75, 3.05) is 17.2 Å². The fourth-order valence-electron chi connectivity index (χ4n) is 3.10. The Bertz CT molecular complexity index is 817. The summed E-state index contributed by atoms with van der Waals surface area (Å²) in [6.45, 7) is 0.396. The van der Waals surface area contributed by atoms with Crippen LogP contribution in [0.4, 0.5) is 5.69 Å². The molecule has 1 unspecified atom stereocenters. The fraction of sp³-hybridized carbons (Fsp3) is 0.278. The Hall–Kier alpha value is -2.18. The zero-order chi connectivity index (χ0) is 17.2. The van der Waals surface area contributed by atoms with Gasteiger partial charge in [0.05, 0.1) is 5.75 Å². The summed E-state index contributed by atoms with van der Waals surface area (Å²) in [4.78, 5) is 13.8. The Labute approximate surface area is 142 Å². The molecule has 2 aromatic rings. The number of rotatable bonds is 5. The van der Waals surface area contributed by atoms with Crippen molar-refractivity contribution in [1.82, 2.24) is 0 Å². The maximum atomic E-state index is 12.1. The van der Waals surface area contributed by atoms with Crippen LogP contribution >= 0.6 is 0 Å². The molecule has 1 aliphatic rings. The van der Waals surface area contributed by atoms with Gasteiger partial charge in [-0.1, -0.05) is 42.5 Å². The molecule has 2 aromatic carbocycles. The van der Waals surface area contributed by atoms with Gasteiger partial charge in [-0.25, -0.2) is 13.6 Å². The Balaban J connectivity index is 1.68. The highest BCUT2D eigenvalue weighted by Gasteiger charge is 2.32. The smallest absolute Gasteiger partial charge is 0.227 e. The molecular formula is C18H20N2O3S. The number of carbonyl (C=O) groups is 1. The molecule has 0 aromatic heterocycles. The fourth-order valence-corrected chi connectivity index (χ4v) is 3.98. The molecule has 1 amide bonds. The van der Waals surface area contributed by atoms with E-state index in [1.165, 1.54) is 5.56 Å². The molecular weight excluding hydrogens is 324 g/mol. The molecule has 126 valence electrons. The number of carbonyl (C=O) groups excluding carboxylic acids is 1. The number of anilines is 1. The summed E-state index contributed by atoms with van der Waals surface area (Å²) in [6.07, 6.45) is 1.06. The molecule has 5 nitrogen and oxygen atoms in total.